The summed E-state index contributed by atoms with van der Waals surface area (Å²) in [7, 11) is 1.72. The van der Waals surface area contributed by atoms with Crippen molar-refractivity contribution < 1.29 is 4.79 Å². The van der Waals surface area contributed by atoms with Gasteiger partial charge in [-0.15, -0.1) is 11.3 Å². The molecular formula is C20H23N3O2S2. The van der Waals surface area contributed by atoms with Crippen LogP contribution in [0.3, 0.4) is 0 Å². The molecule has 0 fully saturated rings. The topological polar surface area (TPSA) is 55.2 Å². The molecule has 2 heterocycles. The zero-order valence-electron chi connectivity index (χ0n) is 16.0. The Kier molecular flexibility index (Phi) is 6.01. The first kappa shape index (κ1) is 19.6. The van der Waals surface area contributed by atoms with E-state index in [2.05, 4.69) is 4.98 Å². The number of benzene rings is 1. The monoisotopic (exact) mass is 401 g/mol. The van der Waals surface area contributed by atoms with Gasteiger partial charge >= 0.3 is 0 Å². The number of aromatic nitrogens is 2. The largest absolute Gasteiger partial charge is 0.338 e. The second kappa shape index (κ2) is 8.27. The van der Waals surface area contributed by atoms with Crippen LogP contribution in [0.15, 0.2) is 40.3 Å². The Morgan fingerprint density at radius 3 is 2.63 bits per heavy atom. The van der Waals surface area contributed by atoms with Crippen molar-refractivity contribution >= 4 is 39.2 Å². The zero-order chi connectivity index (χ0) is 19.6. The summed E-state index contributed by atoms with van der Waals surface area (Å²) in [6.07, 6.45) is 0. The Morgan fingerprint density at radius 2 is 1.96 bits per heavy atom. The van der Waals surface area contributed by atoms with Crippen LogP contribution in [0.5, 0.6) is 0 Å². The normalized spacial score (nSPS) is 11.1. The van der Waals surface area contributed by atoms with Gasteiger partial charge in [-0.25, -0.2) is 4.98 Å². The van der Waals surface area contributed by atoms with E-state index in [-0.39, 0.29) is 17.2 Å². The third kappa shape index (κ3) is 4.09. The lowest BCUT2D eigenvalue weighted by Crippen LogP contribution is -2.32. The van der Waals surface area contributed by atoms with Crippen molar-refractivity contribution in [3.8, 4) is 0 Å². The van der Waals surface area contributed by atoms with E-state index in [0.29, 0.717) is 23.6 Å². The van der Waals surface area contributed by atoms with E-state index in [4.69, 9.17) is 0 Å². The molecule has 0 bridgehead atoms. The summed E-state index contributed by atoms with van der Waals surface area (Å²) in [5.41, 5.74) is 2.05. The van der Waals surface area contributed by atoms with Crippen LogP contribution >= 0.6 is 23.1 Å². The quantitative estimate of drug-likeness (QED) is 0.466. The molecule has 0 aliphatic heterocycles. The molecule has 0 N–H and O–H groups in total. The van der Waals surface area contributed by atoms with Gasteiger partial charge in [0.05, 0.1) is 11.1 Å². The molecule has 0 radical (unpaired) electrons. The van der Waals surface area contributed by atoms with E-state index < -0.39 is 0 Å². The number of fused-ring (bicyclic) bond motifs is 1. The number of nitrogens with zero attached hydrogens (tertiary/aromatic N) is 3. The Labute approximate surface area is 167 Å². The zero-order valence-corrected chi connectivity index (χ0v) is 17.6. The number of carbonyl (C=O) groups is 1. The minimum atomic E-state index is -0.0477. The second-order valence-corrected chi connectivity index (χ2v) is 8.55. The summed E-state index contributed by atoms with van der Waals surface area (Å²) in [5, 5.41) is 1.27. The highest BCUT2D eigenvalue weighted by Gasteiger charge is 2.17. The fourth-order valence-corrected chi connectivity index (χ4v) is 4.83. The average Bonchev–Trinajstić information content (AvgIpc) is 2.96. The summed E-state index contributed by atoms with van der Waals surface area (Å²) in [5.74, 6) is 0.301. The molecule has 0 saturated carbocycles. The van der Waals surface area contributed by atoms with Crippen molar-refractivity contribution in [3.05, 3.63) is 56.7 Å². The van der Waals surface area contributed by atoms with Gasteiger partial charge in [-0.3, -0.25) is 14.2 Å². The van der Waals surface area contributed by atoms with Gasteiger partial charge in [-0.2, -0.15) is 0 Å². The van der Waals surface area contributed by atoms with Crippen molar-refractivity contribution in [2.75, 3.05) is 12.3 Å². The molecule has 0 aliphatic rings. The molecule has 142 valence electrons. The molecule has 0 spiro atoms. The summed E-state index contributed by atoms with van der Waals surface area (Å²) in [4.78, 5) is 33.6. The van der Waals surface area contributed by atoms with Crippen LogP contribution in [-0.2, 0) is 18.4 Å². The lowest BCUT2D eigenvalue weighted by molar-refractivity contribution is -0.128. The average molecular weight is 402 g/mol. The minimum Gasteiger partial charge on any atom is -0.338 e. The first-order valence-electron chi connectivity index (χ1n) is 8.83. The van der Waals surface area contributed by atoms with E-state index in [1.54, 1.807) is 11.6 Å². The van der Waals surface area contributed by atoms with Gasteiger partial charge in [0, 0.05) is 25.0 Å². The maximum atomic E-state index is 12.7. The van der Waals surface area contributed by atoms with Crippen LogP contribution in [0.2, 0.25) is 0 Å². The molecule has 7 heteroatoms. The van der Waals surface area contributed by atoms with Gasteiger partial charge in [0.15, 0.2) is 5.16 Å². The Balaban J connectivity index is 1.76. The molecule has 5 nitrogen and oxygen atoms in total. The van der Waals surface area contributed by atoms with Gasteiger partial charge in [-0.1, -0.05) is 42.1 Å². The SMILES string of the molecule is CCN(Cc1ccccc1)C(=O)CSc1nc2sc(C)c(C)c2c(=O)n1C. The molecule has 0 atom stereocenters. The molecule has 3 aromatic rings. The number of hydrogen-bond donors (Lipinski definition) is 0. The summed E-state index contributed by atoms with van der Waals surface area (Å²) >= 11 is 2.85. The number of hydrogen-bond acceptors (Lipinski definition) is 5. The van der Waals surface area contributed by atoms with Crippen LogP contribution in [-0.4, -0.2) is 32.7 Å². The molecule has 3 rings (SSSR count). The predicted molar refractivity (Wildman–Crippen MR) is 113 cm³/mol. The highest BCUT2D eigenvalue weighted by atomic mass is 32.2. The Bertz CT molecular complexity index is 1030. The number of amides is 1. The van der Waals surface area contributed by atoms with Crippen molar-refractivity contribution in [3.63, 3.8) is 0 Å². The summed E-state index contributed by atoms with van der Waals surface area (Å²) in [6.45, 7) is 7.16. The minimum absolute atomic E-state index is 0.0410. The lowest BCUT2D eigenvalue weighted by atomic mass is 10.2. The summed E-state index contributed by atoms with van der Waals surface area (Å²) < 4.78 is 1.55. The van der Waals surface area contributed by atoms with E-state index in [0.717, 1.165) is 20.8 Å². The number of carbonyl (C=O) groups excluding carboxylic acids is 1. The van der Waals surface area contributed by atoms with Crippen LogP contribution in [0.1, 0.15) is 22.9 Å². The number of rotatable bonds is 6. The molecule has 1 aromatic carbocycles. The third-order valence-corrected chi connectivity index (χ3v) is 6.76. The van der Waals surface area contributed by atoms with E-state index >= 15 is 0 Å². The molecule has 27 heavy (non-hydrogen) atoms. The van der Waals surface area contributed by atoms with Crippen LogP contribution < -0.4 is 5.56 Å². The van der Waals surface area contributed by atoms with Crippen LogP contribution in [0, 0.1) is 13.8 Å². The van der Waals surface area contributed by atoms with Gasteiger partial charge in [-0.05, 0) is 31.9 Å². The molecule has 0 unspecified atom stereocenters. The van der Waals surface area contributed by atoms with E-state index in [1.165, 1.54) is 23.1 Å². The fraction of sp³-hybridized carbons (Fsp3) is 0.350. The van der Waals surface area contributed by atoms with E-state index in [9.17, 15) is 9.59 Å². The van der Waals surface area contributed by atoms with Crippen molar-refractivity contribution in [1.82, 2.24) is 14.5 Å². The molecule has 1 amide bonds. The van der Waals surface area contributed by atoms with E-state index in [1.807, 2.05) is 56.0 Å². The van der Waals surface area contributed by atoms with Gasteiger partial charge in [0.1, 0.15) is 4.83 Å². The Hall–Kier alpha value is -2.12. The number of aryl methyl sites for hydroxylation is 2. The predicted octanol–water partition coefficient (Wildman–Crippen LogP) is 3.75. The number of thiophene rings is 1. The molecule has 0 aliphatic carbocycles. The fourth-order valence-electron chi connectivity index (χ4n) is 2.88. The molecule has 0 saturated heterocycles. The Morgan fingerprint density at radius 1 is 1.26 bits per heavy atom. The van der Waals surface area contributed by atoms with Gasteiger partial charge in [0.2, 0.25) is 5.91 Å². The highest BCUT2D eigenvalue weighted by Crippen LogP contribution is 2.28. The standard InChI is InChI=1S/C20H23N3O2S2/c1-5-23(11-15-9-7-6-8-10-15)16(24)12-26-20-21-18-17(19(25)22(20)4)13(2)14(3)27-18/h6-10H,5,11-12H2,1-4H3. The van der Waals surface area contributed by atoms with Crippen molar-refractivity contribution in [2.45, 2.75) is 32.5 Å². The highest BCUT2D eigenvalue weighted by molar-refractivity contribution is 7.99. The second-order valence-electron chi connectivity index (χ2n) is 6.40. The molecule has 2 aromatic heterocycles. The van der Waals surface area contributed by atoms with Crippen molar-refractivity contribution in [2.24, 2.45) is 7.05 Å². The van der Waals surface area contributed by atoms with Gasteiger partial charge in [0.25, 0.3) is 5.56 Å². The van der Waals surface area contributed by atoms with Crippen LogP contribution in [0.4, 0.5) is 0 Å². The van der Waals surface area contributed by atoms with Crippen LogP contribution in [0.25, 0.3) is 10.2 Å². The molecular weight excluding hydrogens is 378 g/mol. The first-order chi connectivity index (χ1) is 12.9. The summed E-state index contributed by atoms with van der Waals surface area (Å²) in [6, 6.07) is 9.95. The number of thioether (sulfide) groups is 1. The first-order valence-corrected chi connectivity index (χ1v) is 10.6. The van der Waals surface area contributed by atoms with Crippen molar-refractivity contribution in [1.29, 1.82) is 0 Å². The van der Waals surface area contributed by atoms with Gasteiger partial charge < -0.3 is 4.90 Å². The maximum Gasteiger partial charge on any atom is 0.262 e. The smallest absolute Gasteiger partial charge is 0.262 e. The lowest BCUT2D eigenvalue weighted by Gasteiger charge is -2.21. The third-order valence-electron chi connectivity index (χ3n) is 4.64. The maximum absolute atomic E-state index is 12.7.